The van der Waals surface area contributed by atoms with Crippen LogP contribution in [0.25, 0.3) is 0 Å². The average molecular weight is 356 g/mol. The van der Waals surface area contributed by atoms with Gasteiger partial charge in [0.25, 0.3) is 0 Å². The lowest BCUT2D eigenvalue weighted by molar-refractivity contribution is -0.140. The minimum absolute atomic E-state index is 0.0741. The second-order valence-corrected chi connectivity index (χ2v) is 9.06. The fraction of sp³-hybridized carbons (Fsp3) is 0.900. The number of hydrogen-bond acceptors (Lipinski definition) is 3. The van der Waals surface area contributed by atoms with E-state index in [4.69, 9.17) is 5.11 Å². The Morgan fingerprint density at radius 1 is 0.960 bits per heavy atom. The third-order valence-electron chi connectivity index (χ3n) is 6.16. The van der Waals surface area contributed by atoms with Gasteiger partial charge in [-0.05, 0) is 72.3 Å². The summed E-state index contributed by atoms with van der Waals surface area (Å²) in [5.41, 5.74) is 0.148. The molecule has 1 atom stereocenters. The van der Waals surface area contributed by atoms with E-state index in [1.807, 2.05) is 0 Å². The molecule has 1 fully saturated rings. The standard InChI is InChI=1S/C20H37NO4/c1-19(2)13-16(14-20(3,4)21(19)5)15(12-18(24)25)10-8-6-7-9-11-17(22)23/h15-16H,6-14H2,1-5H3,(H,22,23)(H,24,25). The van der Waals surface area contributed by atoms with Crippen LogP contribution < -0.4 is 0 Å². The summed E-state index contributed by atoms with van der Waals surface area (Å²) in [6.45, 7) is 9.02. The number of carboxylic acids is 2. The van der Waals surface area contributed by atoms with Crippen molar-refractivity contribution in [3.63, 3.8) is 0 Å². The molecule has 0 bridgehead atoms. The molecule has 0 radical (unpaired) electrons. The molecule has 0 saturated carbocycles. The van der Waals surface area contributed by atoms with E-state index in [0.29, 0.717) is 12.3 Å². The van der Waals surface area contributed by atoms with Gasteiger partial charge in [0, 0.05) is 23.9 Å². The molecule has 0 amide bonds. The number of unbranched alkanes of at least 4 members (excludes halogenated alkanes) is 3. The zero-order valence-electron chi connectivity index (χ0n) is 16.7. The largest absolute Gasteiger partial charge is 0.481 e. The third kappa shape index (κ3) is 6.96. The van der Waals surface area contributed by atoms with Crippen LogP contribution in [-0.2, 0) is 9.59 Å². The summed E-state index contributed by atoms with van der Waals surface area (Å²) in [4.78, 5) is 24.4. The molecule has 1 heterocycles. The number of carbonyl (C=O) groups is 2. The summed E-state index contributed by atoms with van der Waals surface area (Å²) < 4.78 is 0. The number of likely N-dealkylation sites (tertiary alicyclic amines) is 1. The molecule has 0 aromatic carbocycles. The van der Waals surface area contributed by atoms with E-state index in [1.54, 1.807) is 0 Å². The molecule has 1 unspecified atom stereocenters. The first-order valence-corrected chi connectivity index (χ1v) is 9.63. The Kier molecular flexibility index (Phi) is 7.91. The van der Waals surface area contributed by atoms with Gasteiger partial charge >= 0.3 is 11.9 Å². The lowest BCUT2D eigenvalue weighted by atomic mass is 9.67. The van der Waals surface area contributed by atoms with Gasteiger partial charge in [-0.15, -0.1) is 0 Å². The van der Waals surface area contributed by atoms with Crippen LogP contribution in [0.4, 0.5) is 0 Å². The Bertz CT molecular complexity index is 441. The fourth-order valence-electron chi connectivity index (χ4n) is 4.55. The molecule has 0 spiro atoms. The number of aliphatic carboxylic acids is 2. The van der Waals surface area contributed by atoms with Gasteiger partial charge in [-0.3, -0.25) is 14.5 Å². The van der Waals surface area contributed by atoms with Gasteiger partial charge in [0.2, 0.25) is 0 Å². The second-order valence-electron chi connectivity index (χ2n) is 9.06. The van der Waals surface area contributed by atoms with Gasteiger partial charge in [-0.1, -0.05) is 19.3 Å². The van der Waals surface area contributed by atoms with Crippen molar-refractivity contribution >= 4 is 11.9 Å². The Morgan fingerprint density at radius 2 is 1.48 bits per heavy atom. The SMILES string of the molecule is CN1C(C)(C)CC(C(CCCCCCC(=O)O)CC(=O)O)CC1(C)C. The Balaban J connectivity index is 2.62. The molecule has 25 heavy (non-hydrogen) atoms. The molecule has 1 aliphatic heterocycles. The predicted molar refractivity (Wildman–Crippen MR) is 99.7 cm³/mol. The first kappa shape index (κ1) is 21.9. The van der Waals surface area contributed by atoms with Crippen LogP contribution in [0.3, 0.4) is 0 Å². The highest BCUT2D eigenvalue weighted by molar-refractivity contribution is 5.67. The molecule has 2 N–H and O–H groups in total. The van der Waals surface area contributed by atoms with E-state index in [9.17, 15) is 14.7 Å². The summed E-state index contributed by atoms with van der Waals surface area (Å²) in [6, 6.07) is 0. The highest BCUT2D eigenvalue weighted by Crippen LogP contribution is 2.44. The van der Waals surface area contributed by atoms with Crippen LogP contribution in [0.5, 0.6) is 0 Å². The maximum absolute atomic E-state index is 11.4. The number of carboxylic acid groups (broad SMARTS) is 2. The molecule has 0 aliphatic carbocycles. The van der Waals surface area contributed by atoms with Gasteiger partial charge in [-0.25, -0.2) is 0 Å². The fourth-order valence-corrected chi connectivity index (χ4v) is 4.55. The molecule has 1 rings (SSSR count). The summed E-state index contributed by atoms with van der Waals surface area (Å²) in [7, 11) is 2.17. The molecular weight excluding hydrogens is 318 g/mol. The highest BCUT2D eigenvalue weighted by atomic mass is 16.4. The lowest BCUT2D eigenvalue weighted by Gasteiger charge is -2.55. The number of nitrogens with zero attached hydrogens (tertiary/aromatic N) is 1. The first-order valence-electron chi connectivity index (χ1n) is 9.63. The quantitative estimate of drug-likeness (QED) is 0.568. The van der Waals surface area contributed by atoms with Crippen LogP contribution in [0.2, 0.25) is 0 Å². The summed E-state index contributed by atoms with van der Waals surface area (Å²) in [5.74, 6) is -0.800. The van der Waals surface area contributed by atoms with Gasteiger partial charge in [-0.2, -0.15) is 0 Å². The van der Waals surface area contributed by atoms with Crippen molar-refractivity contribution in [1.29, 1.82) is 0 Å². The monoisotopic (exact) mass is 355 g/mol. The maximum Gasteiger partial charge on any atom is 0.303 e. The van der Waals surface area contributed by atoms with Crippen LogP contribution in [0.15, 0.2) is 0 Å². The first-order chi connectivity index (χ1) is 11.5. The zero-order valence-corrected chi connectivity index (χ0v) is 16.7. The Hall–Kier alpha value is -1.10. The van der Waals surface area contributed by atoms with E-state index >= 15 is 0 Å². The van der Waals surface area contributed by atoms with Crippen molar-refractivity contribution in [1.82, 2.24) is 4.90 Å². The summed E-state index contributed by atoms with van der Waals surface area (Å²) in [5, 5.41) is 18.0. The Labute approximate surface area is 152 Å². The molecular formula is C20H37NO4. The minimum atomic E-state index is -0.737. The average Bonchev–Trinajstić information content (AvgIpc) is 2.45. The molecule has 5 nitrogen and oxygen atoms in total. The third-order valence-corrected chi connectivity index (χ3v) is 6.16. The van der Waals surface area contributed by atoms with Crippen molar-refractivity contribution in [2.24, 2.45) is 11.8 Å². The molecule has 146 valence electrons. The highest BCUT2D eigenvalue weighted by Gasteiger charge is 2.45. The van der Waals surface area contributed by atoms with Crippen molar-refractivity contribution in [3.05, 3.63) is 0 Å². The van der Waals surface area contributed by atoms with Gasteiger partial charge < -0.3 is 10.2 Å². The van der Waals surface area contributed by atoms with E-state index < -0.39 is 11.9 Å². The van der Waals surface area contributed by atoms with E-state index in [-0.39, 0.29) is 29.8 Å². The molecule has 1 saturated heterocycles. The van der Waals surface area contributed by atoms with E-state index in [1.165, 1.54) is 0 Å². The summed E-state index contributed by atoms with van der Waals surface area (Å²) in [6.07, 6.45) is 7.08. The van der Waals surface area contributed by atoms with Crippen LogP contribution in [-0.4, -0.2) is 45.2 Å². The number of rotatable bonds is 10. The Morgan fingerprint density at radius 3 is 1.96 bits per heavy atom. The van der Waals surface area contributed by atoms with Crippen LogP contribution >= 0.6 is 0 Å². The van der Waals surface area contributed by atoms with E-state index in [0.717, 1.165) is 38.5 Å². The maximum atomic E-state index is 11.4. The van der Waals surface area contributed by atoms with Gasteiger partial charge in [0.15, 0.2) is 0 Å². The molecule has 5 heteroatoms. The van der Waals surface area contributed by atoms with Crippen molar-refractivity contribution in [3.8, 4) is 0 Å². The zero-order chi connectivity index (χ0) is 19.3. The number of piperidine rings is 1. The normalized spacial score (nSPS) is 21.8. The second kappa shape index (κ2) is 9.02. The van der Waals surface area contributed by atoms with Gasteiger partial charge in [0.1, 0.15) is 0 Å². The molecule has 0 aromatic heterocycles. The number of hydrogen-bond donors (Lipinski definition) is 2. The van der Waals surface area contributed by atoms with Crippen molar-refractivity contribution < 1.29 is 19.8 Å². The van der Waals surface area contributed by atoms with Crippen molar-refractivity contribution in [2.75, 3.05) is 7.05 Å². The van der Waals surface area contributed by atoms with Crippen molar-refractivity contribution in [2.45, 2.75) is 96.6 Å². The summed E-state index contributed by atoms with van der Waals surface area (Å²) >= 11 is 0. The molecule has 1 aliphatic rings. The topological polar surface area (TPSA) is 77.8 Å². The van der Waals surface area contributed by atoms with Crippen LogP contribution in [0, 0.1) is 11.8 Å². The van der Waals surface area contributed by atoms with Gasteiger partial charge in [0.05, 0.1) is 0 Å². The smallest absolute Gasteiger partial charge is 0.303 e. The predicted octanol–water partition coefficient (Wildman–Crippen LogP) is 4.40. The van der Waals surface area contributed by atoms with E-state index in [2.05, 4.69) is 39.6 Å². The lowest BCUT2D eigenvalue weighted by Crippen LogP contribution is -2.59. The molecule has 0 aromatic rings. The minimum Gasteiger partial charge on any atom is -0.481 e. The van der Waals surface area contributed by atoms with Crippen LogP contribution in [0.1, 0.15) is 85.5 Å².